The largest absolute Gasteiger partial charge is 0.451 e. The van der Waals surface area contributed by atoms with Crippen LogP contribution in [0.3, 0.4) is 0 Å². The van der Waals surface area contributed by atoms with E-state index in [-0.39, 0.29) is 23.8 Å². The van der Waals surface area contributed by atoms with Crippen molar-refractivity contribution in [1.29, 1.82) is 0 Å². The third-order valence-corrected chi connectivity index (χ3v) is 3.09. The first-order valence-corrected chi connectivity index (χ1v) is 5.91. The van der Waals surface area contributed by atoms with Gasteiger partial charge in [-0.2, -0.15) is 13.2 Å². The molecule has 106 valence electrons. The molecule has 1 aliphatic carbocycles. The number of hydrogen-bond acceptors (Lipinski definition) is 5. The van der Waals surface area contributed by atoms with Crippen LogP contribution in [-0.4, -0.2) is 29.2 Å². The Bertz CT molecular complexity index is 452. The van der Waals surface area contributed by atoms with Gasteiger partial charge in [0, 0.05) is 13.2 Å². The maximum Gasteiger partial charge on any atom is 0.451 e. The minimum atomic E-state index is -4.61. The van der Waals surface area contributed by atoms with Crippen LogP contribution in [0.2, 0.25) is 0 Å². The summed E-state index contributed by atoms with van der Waals surface area (Å²) in [5, 5.41) is 2.94. The van der Waals surface area contributed by atoms with Crippen LogP contribution in [0.5, 0.6) is 0 Å². The highest BCUT2D eigenvalue weighted by atomic mass is 19.4. The van der Waals surface area contributed by atoms with Crippen LogP contribution in [0.25, 0.3) is 0 Å². The third-order valence-electron chi connectivity index (χ3n) is 3.09. The molecule has 0 bridgehead atoms. The fourth-order valence-electron chi connectivity index (χ4n) is 2.23. The maximum absolute atomic E-state index is 12.6. The summed E-state index contributed by atoms with van der Waals surface area (Å²) < 4.78 is 43.0. The van der Waals surface area contributed by atoms with E-state index in [4.69, 9.17) is 10.5 Å². The van der Waals surface area contributed by atoms with Gasteiger partial charge < -0.3 is 15.8 Å². The zero-order valence-corrected chi connectivity index (χ0v) is 10.4. The van der Waals surface area contributed by atoms with Crippen molar-refractivity contribution in [2.45, 2.75) is 37.6 Å². The molecule has 1 aliphatic rings. The number of alkyl halides is 3. The Morgan fingerprint density at radius 2 is 2.11 bits per heavy atom. The van der Waals surface area contributed by atoms with E-state index in [1.807, 2.05) is 0 Å². The van der Waals surface area contributed by atoms with Crippen molar-refractivity contribution >= 4 is 11.6 Å². The molecule has 0 saturated heterocycles. The molecule has 0 aliphatic heterocycles. The minimum Gasteiger partial charge on any atom is -0.384 e. The zero-order valence-electron chi connectivity index (χ0n) is 10.4. The van der Waals surface area contributed by atoms with E-state index in [1.54, 1.807) is 7.11 Å². The smallest absolute Gasteiger partial charge is 0.384 e. The molecule has 19 heavy (non-hydrogen) atoms. The second-order valence-electron chi connectivity index (χ2n) is 4.46. The standard InChI is InChI=1S/C11H15F3N4O/c1-19-7-4-2-3-6(7)16-9-5-8(15)17-10(18-9)11(12,13)14/h5-7H,2-4H2,1H3,(H3,15,16,17,18). The summed E-state index contributed by atoms with van der Waals surface area (Å²) in [5.41, 5.74) is 5.38. The Hall–Kier alpha value is -1.57. The predicted octanol–water partition coefficient (Wildman–Crippen LogP) is 2.06. The van der Waals surface area contributed by atoms with Crippen LogP contribution in [0.4, 0.5) is 24.8 Å². The molecule has 1 aromatic heterocycles. The molecule has 1 saturated carbocycles. The van der Waals surface area contributed by atoms with Gasteiger partial charge >= 0.3 is 6.18 Å². The molecule has 5 nitrogen and oxygen atoms in total. The molecule has 8 heteroatoms. The molecule has 1 fully saturated rings. The number of nitrogens with one attached hydrogen (secondary N) is 1. The van der Waals surface area contributed by atoms with Crippen LogP contribution < -0.4 is 11.1 Å². The molecule has 2 atom stereocenters. The maximum atomic E-state index is 12.6. The summed E-state index contributed by atoms with van der Waals surface area (Å²) in [6, 6.07) is 1.24. The molecule has 0 amide bonds. The number of hydrogen-bond donors (Lipinski definition) is 2. The Balaban J connectivity index is 2.18. The molecule has 2 unspecified atom stereocenters. The molecule has 1 heterocycles. The lowest BCUT2D eigenvalue weighted by Gasteiger charge is -2.20. The number of nitrogens with two attached hydrogens (primary N) is 1. The van der Waals surface area contributed by atoms with E-state index in [0.717, 1.165) is 19.3 Å². The summed E-state index contributed by atoms with van der Waals surface area (Å²) >= 11 is 0. The van der Waals surface area contributed by atoms with E-state index in [1.165, 1.54) is 6.07 Å². The highest BCUT2D eigenvalue weighted by molar-refractivity contribution is 5.46. The third kappa shape index (κ3) is 3.25. The van der Waals surface area contributed by atoms with Gasteiger partial charge in [0.25, 0.3) is 0 Å². The highest BCUT2D eigenvalue weighted by Gasteiger charge is 2.36. The number of nitrogens with zero attached hydrogens (tertiary/aromatic N) is 2. The number of halogens is 3. The number of nitrogen functional groups attached to an aromatic ring is 1. The van der Waals surface area contributed by atoms with E-state index in [2.05, 4.69) is 15.3 Å². The Morgan fingerprint density at radius 3 is 2.74 bits per heavy atom. The average Bonchev–Trinajstić information content (AvgIpc) is 2.74. The van der Waals surface area contributed by atoms with Crippen LogP contribution in [0.1, 0.15) is 25.1 Å². The van der Waals surface area contributed by atoms with Crippen molar-refractivity contribution in [2.75, 3.05) is 18.2 Å². The second-order valence-corrected chi connectivity index (χ2v) is 4.46. The average molecular weight is 276 g/mol. The van der Waals surface area contributed by atoms with Gasteiger partial charge in [-0.25, -0.2) is 9.97 Å². The van der Waals surface area contributed by atoms with Crippen molar-refractivity contribution < 1.29 is 17.9 Å². The molecule has 0 spiro atoms. The molecule has 3 N–H and O–H groups in total. The predicted molar refractivity (Wildman–Crippen MR) is 63.5 cm³/mol. The zero-order chi connectivity index (χ0) is 14.0. The lowest BCUT2D eigenvalue weighted by Crippen LogP contribution is -2.30. The molecule has 0 aromatic carbocycles. The van der Waals surface area contributed by atoms with Gasteiger partial charge in [0.05, 0.1) is 12.1 Å². The van der Waals surface area contributed by atoms with Gasteiger partial charge in [0.2, 0.25) is 5.82 Å². The first kappa shape index (κ1) is 13.9. The van der Waals surface area contributed by atoms with Crippen molar-refractivity contribution in [3.63, 3.8) is 0 Å². The monoisotopic (exact) mass is 276 g/mol. The normalized spacial score (nSPS) is 23.6. The van der Waals surface area contributed by atoms with Crippen molar-refractivity contribution in [2.24, 2.45) is 0 Å². The molecule has 0 radical (unpaired) electrons. The van der Waals surface area contributed by atoms with Gasteiger partial charge in [-0.3, -0.25) is 0 Å². The van der Waals surface area contributed by atoms with E-state index in [0.29, 0.717) is 0 Å². The lowest BCUT2D eigenvalue weighted by molar-refractivity contribution is -0.144. The SMILES string of the molecule is COC1CCCC1Nc1cc(N)nc(C(F)(F)F)n1. The Morgan fingerprint density at radius 1 is 1.37 bits per heavy atom. The number of rotatable bonds is 3. The minimum absolute atomic E-state index is 0.0227. The molecule has 1 aromatic rings. The van der Waals surface area contributed by atoms with Crippen LogP contribution in [-0.2, 0) is 10.9 Å². The van der Waals surface area contributed by atoms with Crippen molar-refractivity contribution in [3.8, 4) is 0 Å². The number of ether oxygens (including phenoxy) is 1. The van der Waals surface area contributed by atoms with Gasteiger partial charge in [-0.05, 0) is 19.3 Å². The van der Waals surface area contributed by atoms with E-state index >= 15 is 0 Å². The second kappa shape index (κ2) is 5.20. The van der Waals surface area contributed by atoms with Gasteiger partial charge in [0.1, 0.15) is 11.6 Å². The van der Waals surface area contributed by atoms with E-state index < -0.39 is 12.0 Å². The fraction of sp³-hybridized carbons (Fsp3) is 0.636. The van der Waals surface area contributed by atoms with Gasteiger partial charge in [-0.15, -0.1) is 0 Å². The summed E-state index contributed by atoms with van der Waals surface area (Å²) in [7, 11) is 1.58. The molecule has 2 rings (SSSR count). The Kier molecular flexibility index (Phi) is 3.79. The van der Waals surface area contributed by atoms with Crippen LogP contribution in [0.15, 0.2) is 6.07 Å². The Labute approximate surface area is 108 Å². The van der Waals surface area contributed by atoms with Crippen molar-refractivity contribution in [1.82, 2.24) is 9.97 Å². The fourth-order valence-corrected chi connectivity index (χ4v) is 2.23. The van der Waals surface area contributed by atoms with E-state index in [9.17, 15) is 13.2 Å². The first-order chi connectivity index (χ1) is 8.90. The van der Waals surface area contributed by atoms with Crippen LogP contribution >= 0.6 is 0 Å². The summed E-state index contributed by atoms with van der Waals surface area (Å²) in [6.07, 6.45) is -1.97. The number of aromatic nitrogens is 2. The quantitative estimate of drug-likeness (QED) is 0.884. The number of methoxy groups -OCH3 is 1. The summed E-state index contributed by atoms with van der Waals surface area (Å²) in [4.78, 5) is 6.64. The number of anilines is 2. The highest BCUT2D eigenvalue weighted by Crippen LogP contribution is 2.29. The first-order valence-electron chi connectivity index (χ1n) is 5.91. The van der Waals surface area contributed by atoms with Crippen LogP contribution in [0, 0.1) is 0 Å². The topological polar surface area (TPSA) is 73.1 Å². The van der Waals surface area contributed by atoms with Gasteiger partial charge in [-0.1, -0.05) is 0 Å². The molecular formula is C11H15F3N4O. The van der Waals surface area contributed by atoms with Gasteiger partial charge in [0.15, 0.2) is 0 Å². The summed E-state index contributed by atoms with van der Waals surface area (Å²) in [5.74, 6) is -1.37. The molecular weight excluding hydrogens is 261 g/mol. The van der Waals surface area contributed by atoms with Crippen molar-refractivity contribution in [3.05, 3.63) is 11.9 Å². The summed E-state index contributed by atoms with van der Waals surface area (Å²) in [6.45, 7) is 0. The lowest BCUT2D eigenvalue weighted by atomic mass is 10.2.